The summed E-state index contributed by atoms with van der Waals surface area (Å²) in [6, 6.07) is 19.7. The molecule has 3 aromatic rings. The van der Waals surface area contributed by atoms with Gasteiger partial charge in [-0.15, -0.1) is 0 Å². The second kappa shape index (κ2) is 9.96. The van der Waals surface area contributed by atoms with E-state index >= 15 is 0 Å². The molecule has 0 aliphatic rings. The quantitative estimate of drug-likeness (QED) is 0.399. The van der Waals surface area contributed by atoms with Crippen LogP contribution in [0, 0.1) is 6.92 Å². The molecule has 1 N–H and O–H groups in total. The SMILES string of the molecule is Cc1ccc(N(CC(=O)NN=Cc2c(Cl)cccc2Cl)S(=O)(=O)c2ccccc2)cc1. The zero-order valence-corrected chi connectivity index (χ0v) is 18.8. The summed E-state index contributed by atoms with van der Waals surface area (Å²) in [6.07, 6.45) is 1.31. The second-order valence-corrected chi connectivity index (χ2v) is 9.27. The topological polar surface area (TPSA) is 78.8 Å². The Morgan fingerprint density at radius 2 is 1.58 bits per heavy atom. The number of sulfonamides is 1. The lowest BCUT2D eigenvalue weighted by molar-refractivity contribution is -0.119. The van der Waals surface area contributed by atoms with Crippen molar-refractivity contribution >= 4 is 51.0 Å². The number of hydrogen-bond donors (Lipinski definition) is 1. The Morgan fingerprint density at radius 3 is 2.19 bits per heavy atom. The molecule has 0 unspecified atom stereocenters. The maximum Gasteiger partial charge on any atom is 0.264 e. The summed E-state index contributed by atoms with van der Waals surface area (Å²) in [5.74, 6) is -0.625. The van der Waals surface area contributed by atoms with Crippen molar-refractivity contribution in [2.75, 3.05) is 10.8 Å². The molecule has 0 radical (unpaired) electrons. The van der Waals surface area contributed by atoms with Crippen LogP contribution in [0.25, 0.3) is 0 Å². The number of hydrazone groups is 1. The van der Waals surface area contributed by atoms with Crippen LogP contribution in [0.15, 0.2) is 82.8 Å². The third-order valence-electron chi connectivity index (χ3n) is 4.32. The molecule has 0 spiro atoms. The highest BCUT2D eigenvalue weighted by molar-refractivity contribution is 7.92. The molecule has 0 atom stereocenters. The number of amides is 1. The van der Waals surface area contributed by atoms with Gasteiger partial charge in [-0.3, -0.25) is 9.10 Å². The first-order valence-corrected chi connectivity index (χ1v) is 11.4. The van der Waals surface area contributed by atoms with Crippen LogP contribution in [0.5, 0.6) is 0 Å². The number of carbonyl (C=O) groups is 1. The van der Waals surface area contributed by atoms with Crippen molar-refractivity contribution in [3.05, 3.63) is 94.0 Å². The summed E-state index contributed by atoms with van der Waals surface area (Å²) in [6.45, 7) is 1.43. The largest absolute Gasteiger partial charge is 0.271 e. The first-order valence-electron chi connectivity index (χ1n) is 9.19. The highest BCUT2D eigenvalue weighted by Crippen LogP contribution is 2.24. The summed E-state index contributed by atoms with van der Waals surface area (Å²) in [5.41, 5.74) is 4.10. The smallest absolute Gasteiger partial charge is 0.264 e. The predicted molar refractivity (Wildman–Crippen MR) is 124 cm³/mol. The molecule has 0 fully saturated rings. The Morgan fingerprint density at radius 1 is 0.968 bits per heavy atom. The fraction of sp³-hybridized carbons (Fsp3) is 0.0909. The number of halogens is 2. The Labute approximate surface area is 191 Å². The van der Waals surface area contributed by atoms with Crippen molar-refractivity contribution in [2.24, 2.45) is 5.10 Å². The molecular weight excluding hydrogens is 457 g/mol. The van der Waals surface area contributed by atoms with E-state index < -0.39 is 22.5 Å². The van der Waals surface area contributed by atoms with E-state index in [2.05, 4.69) is 10.5 Å². The van der Waals surface area contributed by atoms with Gasteiger partial charge in [-0.05, 0) is 43.3 Å². The van der Waals surface area contributed by atoms with Crippen LogP contribution < -0.4 is 9.73 Å². The Bertz CT molecular complexity index is 1180. The van der Waals surface area contributed by atoms with E-state index in [1.165, 1.54) is 18.3 Å². The van der Waals surface area contributed by atoms with Crippen LogP contribution in [0.1, 0.15) is 11.1 Å². The van der Waals surface area contributed by atoms with Gasteiger partial charge in [-0.1, -0.05) is 65.2 Å². The van der Waals surface area contributed by atoms with Crippen molar-refractivity contribution in [3.8, 4) is 0 Å². The molecule has 0 bridgehead atoms. The van der Waals surface area contributed by atoms with Crippen molar-refractivity contribution < 1.29 is 13.2 Å². The molecule has 6 nitrogen and oxygen atoms in total. The Hall–Kier alpha value is -2.87. The van der Waals surface area contributed by atoms with Gasteiger partial charge in [0.15, 0.2) is 0 Å². The van der Waals surface area contributed by atoms with Crippen molar-refractivity contribution in [3.63, 3.8) is 0 Å². The van der Waals surface area contributed by atoms with Gasteiger partial charge < -0.3 is 0 Å². The summed E-state index contributed by atoms with van der Waals surface area (Å²) in [4.78, 5) is 12.6. The fourth-order valence-electron chi connectivity index (χ4n) is 2.71. The maximum atomic E-state index is 13.2. The molecular formula is C22H19Cl2N3O3S. The van der Waals surface area contributed by atoms with Crippen molar-refractivity contribution in [2.45, 2.75) is 11.8 Å². The minimum atomic E-state index is -3.97. The molecule has 3 aromatic carbocycles. The zero-order chi connectivity index (χ0) is 22.4. The maximum absolute atomic E-state index is 13.2. The molecule has 9 heteroatoms. The van der Waals surface area contributed by atoms with E-state index in [1.807, 2.05) is 6.92 Å². The van der Waals surface area contributed by atoms with Crippen LogP contribution in [-0.4, -0.2) is 27.1 Å². The van der Waals surface area contributed by atoms with E-state index in [0.29, 0.717) is 21.3 Å². The summed E-state index contributed by atoms with van der Waals surface area (Å²) < 4.78 is 27.5. The van der Waals surface area contributed by atoms with Gasteiger partial charge in [-0.2, -0.15) is 5.10 Å². The normalized spacial score (nSPS) is 11.5. The lowest BCUT2D eigenvalue weighted by Gasteiger charge is -2.23. The zero-order valence-electron chi connectivity index (χ0n) is 16.5. The third kappa shape index (κ3) is 5.64. The summed E-state index contributed by atoms with van der Waals surface area (Å²) >= 11 is 12.1. The third-order valence-corrected chi connectivity index (χ3v) is 6.77. The average molecular weight is 476 g/mol. The molecule has 1 amide bonds. The molecule has 0 heterocycles. The second-order valence-electron chi connectivity index (χ2n) is 6.59. The van der Waals surface area contributed by atoms with Gasteiger partial charge in [0.1, 0.15) is 6.54 Å². The van der Waals surface area contributed by atoms with Crippen LogP contribution in [-0.2, 0) is 14.8 Å². The highest BCUT2D eigenvalue weighted by Gasteiger charge is 2.27. The van der Waals surface area contributed by atoms with Crippen LogP contribution >= 0.6 is 23.2 Å². The van der Waals surface area contributed by atoms with E-state index in [0.717, 1.165) is 9.87 Å². The molecule has 0 saturated carbocycles. The molecule has 0 saturated heterocycles. The van der Waals surface area contributed by atoms with E-state index in [4.69, 9.17) is 23.2 Å². The number of aryl methyl sites for hydroxylation is 1. The lowest BCUT2D eigenvalue weighted by Crippen LogP contribution is -2.39. The van der Waals surface area contributed by atoms with Gasteiger partial charge in [0, 0.05) is 5.56 Å². The highest BCUT2D eigenvalue weighted by atomic mass is 35.5. The van der Waals surface area contributed by atoms with Crippen molar-refractivity contribution in [1.29, 1.82) is 0 Å². The van der Waals surface area contributed by atoms with Gasteiger partial charge in [0.2, 0.25) is 0 Å². The molecule has 0 aliphatic heterocycles. The van der Waals surface area contributed by atoms with Gasteiger partial charge in [0.25, 0.3) is 15.9 Å². The molecule has 0 aliphatic carbocycles. The summed E-state index contributed by atoms with van der Waals surface area (Å²) in [7, 11) is -3.97. The number of carbonyl (C=O) groups excluding carboxylic acids is 1. The standard InChI is InChI=1S/C22H19Cl2N3O3S/c1-16-10-12-17(13-11-16)27(31(29,30)18-6-3-2-4-7-18)15-22(28)26-25-14-19-20(23)8-5-9-21(19)24/h2-14H,15H2,1H3,(H,26,28). The first kappa shape index (κ1) is 22.8. The van der Waals surface area contributed by atoms with E-state index in [1.54, 1.807) is 60.7 Å². The molecule has 31 heavy (non-hydrogen) atoms. The molecule has 160 valence electrons. The van der Waals surface area contributed by atoms with Crippen LogP contribution in [0.4, 0.5) is 5.69 Å². The minimum Gasteiger partial charge on any atom is -0.271 e. The summed E-state index contributed by atoms with van der Waals surface area (Å²) in [5, 5.41) is 4.61. The fourth-order valence-corrected chi connectivity index (χ4v) is 4.65. The molecule has 3 rings (SSSR count). The minimum absolute atomic E-state index is 0.0784. The Balaban J connectivity index is 1.84. The number of hydrogen-bond acceptors (Lipinski definition) is 4. The monoisotopic (exact) mass is 475 g/mol. The number of nitrogens with one attached hydrogen (secondary N) is 1. The number of anilines is 1. The number of benzene rings is 3. The first-order chi connectivity index (χ1) is 14.8. The average Bonchev–Trinajstić information content (AvgIpc) is 2.75. The van der Waals surface area contributed by atoms with Gasteiger partial charge in [0.05, 0.1) is 26.8 Å². The van der Waals surface area contributed by atoms with Gasteiger partial charge >= 0.3 is 0 Å². The van der Waals surface area contributed by atoms with Crippen molar-refractivity contribution in [1.82, 2.24) is 5.43 Å². The van der Waals surface area contributed by atoms with Gasteiger partial charge in [-0.25, -0.2) is 13.8 Å². The van der Waals surface area contributed by atoms with E-state index in [9.17, 15) is 13.2 Å². The predicted octanol–water partition coefficient (Wildman–Crippen LogP) is 4.65. The molecule has 0 aromatic heterocycles. The van der Waals surface area contributed by atoms with Crippen LogP contribution in [0.3, 0.4) is 0 Å². The Kier molecular flexibility index (Phi) is 7.33. The number of nitrogens with zero attached hydrogens (tertiary/aromatic N) is 2. The number of rotatable bonds is 7. The van der Waals surface area contributed by atoms with Crippen LogP contribution in [0.2, 0.25) is 10.0 Å². The van der Waals surface area contributed by atoms with E-state index in [-0.39, 0.29) is 4.90 Å². The lowest BCUT2D eigenvalue weighted by atomic mass is 10.2.